The Balaban J connectivity index is 2.48. The van der Waals surface area contributed by atoms with E-state index in [1.807, 2.05) is 20.8 Å². The minimum atomic E-state index is -4.37. The highest BCUT2D eigenvalue weighted by Crippen LogP contribution is 2.30. The monoisotopic (exact) mass is 310 g/mol. The van der Waals surface area contributed by atoms with Crippen molar-refractivity contribution in [3.05, 3.63) is 47.3 Å². The molecule has 0 aliphatic carbocycles. The number of hydrogen-bond acceptors (Lipinski definition) is 2. The lowest BCUT2D eigenvalue weighted by molar-refractivity contribution is -0.137. The Morgan fingerprint density at radius 1 is 1.09 bits per heavy atom. The number of benzene rings is 1. The first-order chi connectivity index (χ1) is 10.00. The molecule has 0 unspecified atom stereocenters. The van der Waals surface area contributed by atoms with Crippen LogP contribution in [0.4, 0.5) is 13.2 Å². The van der Waals surface area contributed by atoms with Gasteiger partial charge in [0.1, 0.15) is 0 Å². The first-order valence-electron chi connectivity index (χ1n) is 6.79. The highest BCUT2D eigenvalue weighted by atomic mass is 19.4. The van der Waals surface area contributed by atoms with Crippen LogP contribution in [-0.2, 0) is 11.6 Å². The van der Waals surface area contributed by atoms with E-state index in [2.05, 4.69) is 5.10 Å². The molecule has 22 heavy (non-hydrogen) atoms. The number of Topliss-reactive ketones (excluding diaryl/α,β-unsaturated/α-hetero) is 1. The molecule has 0 saturated carbocycles. The summed E-state index contributed by atoms with van der Waals surface area (Å²) in [6.45, 7) is 7.24. The van der Waals surface area contributed by atoms with Gasteiger partial charge in [-0.15, -0.1) is 0 Å². The van der Waals surface area contributed by atoms with E-state index in [4.69, 9.17) is 0 Å². The lowest BCUT2D eigenvalue weighted by Gasteiger charge is -2.16. The topological polar surface area (TPSA) is 34.9 Å². The van der Waals surface area contributed by atoms with Crippen LogP contribution in [0.5, 0.6) is 0 Å². The van der Waals surface area contributed by atoms with E-state index in [-0.39, 0.29) is 11.2 Å². The molecule has 0 aliphatic heterocycles. The third-order valence-corrected chi connectivity index (χ3v) is 3.26. The fraction of sp³-hybridized carbons (Fsp3) is 0.375. The standard InChI is InChI=1S/C16H17F3N2O/c1-10(22)13-9-21(20-14(13)15(2,3)4)12-7-5-11(6-8-12)16(17,18)19/h5-9H,1-4H3. The number of rotatable bonds is 2. The first-order valence-corrected chi connectivity index (χ1v) is 6.79. The molecule has 0 atom stereocenters. The van der Waals surface area contributed by atoms with E-state index in [0.29, 0.717) is 16.9 Å². The molecular weight excluding hydrogens is 293 g/mol. The molecule has 3 nitrogen and oxygen atoms in total. The maximum atomic E-state index is 12.6. The van der Waals surface area contributed by atoms with Crippen molar-refractivity contribution in [2.45, 2.75) is 39.3 Å². The predicted octanol–water partition coefficient (Wildman–Crippen LogP) is 4.39. The summed E-state index contributed by atoms with van der Waals surface area (Å²) < 4.78 is 39.2. The van der Waals surface area contributed by atoms with Crippen LogP contribution in [0.2, 0.25) is 0 Å². The zero-order valence-electron chi connectivity index (χ0n) is 12.8. The Morgan fingerprint density at radius 2 is 1.64 bits per heavy atom. The van der Waals surface area contributed by atoms with Crippen molar-refractivity contribution in [3.8, 4) is 5.69 Å². The van der Waals surface area contributed by atoms with Crippen LogP contribution in [0.25, 0.3) is 5.69 Å². The largest absolute Gasteiger partial charge is 0.416 e. The SMILES string of the molecule is CC(=O)c1cn(-c2ccc(C(F)(F)F)cc2)nc1C(C)(C)C. The molecule has 0 N–H and O–H groups in total. The second-order valence-corrected chi connectivity index (χ2v) is 6.19. The average Bonchev–Trinajstić information content (AvgIpc) is 2.83. The molecule has 0 fully saturated rings. The number of aromatic nitrogens is 2. The number of halogens is 3. The van der Waals surface area contributed by atoms with Gasteiger partial charge in [-0.2, -0.15) is 18.3 Å². The summed E-state index contributed by atoms with van der Waals surface area (Å²) in [4.78, 5) is 11.7. The fourth-order valence-electron chi connectivity index (χ4n) is 2.12. The van der Waals surface area contributed by atoms with Gasteiger partial charge >= 0.3 is 6.18 Å². The normalized spacial score (nSPS) is 12.5. The summed E-state index contributed by atoms with van der Waals surface area (Å²) in [6.07, 6.45) is -2.81. The van der Waals surface area contributed by atoms with Crippen LogP contribution in [0.1, 0.15) is 49.3 Å². The fourth-order valence-corrected chi connectivity index (χ4v) is 2.12. The molecule has 2 rings (SSSR count). The van der Waals surface area contributed by atoms with Crippen LogP contribution >= 0.6 is 0 Å². The van der Waals surface area contributed by atoms with Crippen molar-refractivity contribution in [1.29, 1.82) is 0 Å². The molecule has 1 aromatic heterocycles. The molecule has 1 heterocycles. The Morgan fingerprint density at radius 3 is 2.00 bits per heavy atom. The Labute approximate surface area is 126 Å². The van der Waals surface area contributed by atoms with Gasteiger partial charge in [0.25, 0.3) is 0 Å². The molecule has 0 spiro atoms. The third kappa shape index (κ3) is 3.21. The van der Waals surface area contributed by atoms with Crippen LogP contribution in [0, 0.1) is 0 Å². The van der Waals surface area contributed by atoms with E-state index < -0.39 is 11.7 Å². The van der Waals surface area contributed by atoms with Gasteiger partial charge in [-0.1, -0.05) is 20.8 Å². The molecule has 0 amide bonds. The summed E-state index contributed by atoms with van der Waals surface area (Å²) in [5.74, 6) is -0.122. The minimum Gasteiger partial charge on any atom is -0.294 e. The Hall–Kier alpha value is -2.11. The van der Waals surface area contributed by atoms with Crippen LogP contribution in [-0.4, -0.2) is 15.6 Å². The summed E-state index contributed by atoms with van der Waals surface area (Å²) in [5, 5.41) is 4.38. The summed E-state index contributed by atoms with van der Waals surface area (Å²) in [6, 6.07) is 4.68. The predicted molar refractivity (Wildman–Crippen MR) is 77.3 cm³/mol. The van der Waals surface area contributed by atoms with Crippen LogP contribution in [0.15, 0.2) is 30.5 Å². The summed E-state index contributed by atoms with van der Waals surface area (Å²) in [5.41, 5.74) is 0.530. The smallest absolute Gasteiger partial charge is 0.294 e. The zero-order valence-corrected chi connectivity index (χ0v) is 12.8. The quantitative estimate of drug-likeness (QED) is 0.771. The van der Waals surface area contributed by atoms with Crippen molar-refractivity contribution in [1.82, 2.24) is 9.78 Å². The number of carbonyl (C=O) groups is 1. The second-order valence-electron chi connectivity index (χ2n) is 6.19. The Kier molecular flexibility index (Phi) is 3.89. The van der Waals surface area contributed by atoms with Gasteiger partial charge in [-0.3, -0.25) is 4.79 Å². The number of alkyl halides is 3. The van der Waals surface area contributed by atoms with Crippen LogP contribution in [0.3, 0.4) is 0 Å². The summed E-state index contributed by atoms with van der Waals surface area (Å²) >= 11 is 0. The molecule has 118 valence electrons. The van der Waals surface area contributed by atoms with Gasteiger partial charge in [0, 0.05) is 11.6 Å². The van der Waals surface area contributed by atoms with Crippen molar-refractivity contribution in [2.75, 3.05) is 0 Å². The highest BCUT2D eigenvalue weighted by Gasteiger charge is 2.30. The molecule has 0 radical (unpaired) electrons. The number of carbonyl (C=O) groups excluding carboxylic acids is 1. The van der Waals surface area contributed by atoms with Gasteiger partial charge < -0.3 is 0 Å². The minimum absolute atomic E-state index is 0.122. The molecule has 0 saturated heterocycles. The van der Waals surface area contributed by atoms with E-state index >= 15 is 0 Å². The number of nitrogens with zero attached hydrogens (tertiary/aromatic N) is 2. The van der Waals surface area contributed by atoms with Crippen molar-refractivity contribution in [3.63, 3.8) is 0 Å². The molecule has 6 heteroatoms. The van der Waals surface area contributed by atoms with E-state index in [0.717, 1.165) is 12.1 Å². The third-order valence-electron chi connectivity index (χ3n) is 3.26. The van der Waals surface area contributed by atoms with Gasteiger partial charge in [0.05, 0.1) is 22.5 Å². The lowest BCUT2D eigenvalue weighted by Crippen LogP contribution is -2.16. The summed E-state index contributed by atoms with van der Waals surface area (Å²) in [7, 11) is 0. The van der Waals surface area contributed by atoms with E-state index in [9.17, 15) is 18.0 Å². The maximum absolute atomic E-state index is 12.6. The van der Waals surface area contributed by atoms with Crippen molar-refractivity contribution in [2.24, 2.45) is 0 Å². The molecule has 0 aliphatic rings. The maximum Gasteiger partial charge on any atom is 0.416 e. The van der Waals surface area contributed by atoms with Gasteiger partial charge in [-0.05, 0) is 31.2 Å². The van der Waals surface area contributed by atoms with E-state index in [1.165, 1.54) is 23.7 Å². The van der Waals surface area contributed by atoms with Crippen molar-refractivity contribution >= 4 is 5.78 Å². The zero-order chi connectivity index (χ0) is 16.7. The van der Waals surface area contributed by atoms with E-state index in [1.54, 1.807) is 6.20 Å². The Bertz CT molecular complexity index is 692. The van der Waals surface area contributed by atoms with Gasteiger partial charge in [-0.25, -0.2) is 4.68 Å². The number of hydrogen-bond donors (Lipinski definition) is 0. The second kappa shape index (κ2) is 5.26. The lowest BCUT2D eigenvalue weighted by atomic mass is 9.89. The molecular formula is C16H17F3N2O. The van der Waals surface area contributed by atoms with Crippen LogP contribution < -0.4 is 0 Å². The highest BCUT2D eigenvalue weighted by molar-refractivity contribution is 5.95. The molecule has 0 bridgehead atoms. The van der Waals surface area contributed by atoms with Crippen molar-refractivity contribution < 1.29 is 18.0 Å². The molecule has 1 aromatic carbocycles. The average molecular weight is 310 g/mol. The first kappa shape index (κ1) is 16.3. The van der Waals surface area contributed by atoms with Gasteiger partial charge in [0.15, 0.2) is 5.78 Å². The van der Waals surface area contributed by atoms with Gasteiger partial charge in [0.2, 0.25) is 0 Å². The molecule has 2 aromatic rings. The number of ketones is 1.